The SMILES string of the molecule is Cc1cc(COc2cccc(C(C)(C)C)c2)oc1C(=O)O. The molecule has 0 aliphatic heterocycles. The summed E-state index contributed by atoms with van der Waals surface area (Å²) in [6.07, 6.45) is 0. The van der Waals surface area contributed by atoms with E-state index in [0.717, 1.165) is 5.75 Å². The first-order valence-electron chi connectivity index (χ1n) is 6.83. The van der Waals surface area contributed by atoms with Crippen molar-refractivity contribution in [3.63, 3.8) is 0 Å². The van der Waals surface area contributed by atoms with E-state index in [-0.39, 0.29) is 17.8 Å². The molecule has 2 aromatic rings. The van der Waals surface area contributed by atoms with Crippen LogP contribution in [0.1, 0.15) is 48.2 Å². The van der Waals surface area contributed by atoms with Crippen LogP contribution in [-0.4, -0.2) is 11.1 Å². The Hall–Kier alpha value is -2.23. The minimum atomic E-state index is -1.06. The van der Waals surface area contributed by atoms with Gasteiger partial charge in [-0.2, -0.15) is 0 Å². The predicted molar refractivity (Wildman–Crippen MR) is 79.9 cm³/mol. The number of aromatic carboxylic acids is 1. The maximum atomic E-state index is 10.9. The molecule has 2 rings (SSSR count). The van der Waals surface area contributed by atoms with Crippen LogP contribution in [0.25, 0.3) is 0 Å². The van der Waals surface area contributed by atoms with E-state index in [1.807, 2.05) is 18.2 Å². The van der Waals surface area contributed by atoms with Gasteiger partial charge in [-0.25, -0.2) is 4.79 Å². The van der Waals surface area contributed by atoms with Gasteiger partial charge in [0.05, 0.1) is 0 Å². The molecule has 4 nitrogen and oxygen atoms in total. The zero-order valence-electron chi connectivity index (χ0n) is 12.8. The summed E-state index contributed by atoms with van der Waals surface area (Å²) in [5, 5.41) is 8.96. The topological polar surface area (TPSA) is 59.7 Å². The van der Waals surface area contributed by atoms with Crippen molar-refractivity contribution in [3.8, 4) is 5.75 Å². The molecule has 0 bridgehead atoms. The first-order chi connectivity index (χ1) is 9.77. The third kappa shape index (κ3) is 3.66. The molecule has 0 saturated heterocycles. The highest BCUT2D eigenvalue weighted by Crippen LogP contribution is 2.26. The number of carboxylic acid groups (broad SMARTS) is 1. The molecule has 1 heterocycles. The molecule has 1 aromatic heterocycles. The summed E-state index contributed by atoms with van der Waals surface area (Å²) in [4.78, 5) is 10.9. The van der Waals surface area contributed by atoms with Crippen LogP contribution in [-0.2, 0) is 12.0 Å². The van der Waals surface area contributed by atoms with Gasteiger partial charge in [-0.3, -0.25) is 0 Å². The normalized spacial score (nSPS) is 11.4. The number of carboxylic acids is 1. The molecule has 0 unspecified atom stereocenters. The van der Waals surface area contributed by atoms with Crippen molar-refractivity contribution < 1.29 is 19.1 Å². The van der Waals surface area contributed by atoms with Gasteiger partial charge in [-0.1, -0.05) is 32.9 Å². The maximum absolute atomic E-state index is 10.9. The largest absolute Gasteiger partial charge is 0.486 e. The Morgan fingerprint density at radius 3 is 2.57 bits per heavy atom. The summed E-state index contributed by atoms with van der Waals surface area (Å²) in [6.45, 7) is 8.34. The molecule has 0 aliphatic carbocycles. The van der Waals surface area contributed by atoms with Gasteiger partial charge < -0.3 is 14.3 Å². The molecular formula is C17H20O4. The van der Waals surface area contributed by atoms with E-state index in [4.69, 9.17) is 14.3 Å². The van der Waals surface area contributed by atoms with Crippen LogP contribution < -0.4 is 4.74 Å². The molecular weight excluding hydrogens is 268 g/mol. The smallest absolute Gasteiger partial charge is 0.372 e. The summed E-state index contributed by atoms with van der Waals surface area (Å²) in [7, 11) is 0. The van der Waals surface area contributed by atoms with Gasteiger partial charge in [-0.15, -0.1) is 0 Å². The van der Waals surface area contributed by atoms with Crippen molar-refractivity contribution in [3.05, 3.63) is 53.0 Å². The van der Waals surface area contributed by atoms with Crippen LogP contribution in [0.4, 0.5) is 0 Å². The fourth-order valence-corrected chi connectivity index (χ4v) is 2.04. The second-order valence-electron chi connectivity index (χ2n) is 6.10. The Balaban J connectivity index is 2.10. The highest BCUT2D eigenvalue weighted by molar-refractivity contribution is 5.86. The lowest BCUT2D eigenvalue weighted by atomic mass is 9.87. The zero-order chi connectivity index (χ0) is 15.6. The molecule has 0 fully saturated rings. The van der Waals surface area contributed by atoms with Crippen molar-refractivity contribution in [2.45, 2.75) is 39.7 Å². The Morgan fingerprint density at radius 1 is 1.29 bits per heavy atom. The zero-order valence-corrected chi connectivity index (χ0v) is 12.8. The van der Waals surface area contributed by atoms with Crippen molar-refractivity contribution in [2.24, 2.45) is 0 Å². The number of hydrogen-bond acceptors (Lipinski definition) is 3. The number of benzene rings is 1. The molecule has 1 N–H and O–H groups in total. The van der Waals surface area contributed by atoms with Crippen molar-refractivity contribution in [1.82, 2.24) is 0 Å². The summed E-state index contributed by atoms with van der Waals surface area (Å²) in [6, 6.07) is 9.58. The van der Waals surface area contributed by atoms with Crippen LogP contribution >= 0.6 is 0 Å². The van der Waals surface area contributed by atoms with E-state index in [2.05, 4.69) is 26.8 Å². The van der Waals surface area contributed by atoms with Gasteiger partial charge >= 0.3 is 5.97 Å². The van der Waals surface area contributed by atoms with Crippen molar-refractivity contribution >= 4 is 5.97 Å². The lowest BCUT2D eigenvalue weighted by Gasteiger charge is -2.19. The number of aryl methyl sites for hydroxylation is 1. The van der Waals surface area contributed by atoms with Crippen LogP contribution in [0.5, 0.6) is 5.75 Å². The Morgan fingerprint density at radius 2 is 2.00 bits per heavy atom. The number of furan rings is 1. The first kappa shape index (κ1) is 15.2. The van der Waals surface area contributed by atoms with Gasteiger partial charge in [0.15, 0.2) is 0 Å². The van der Waals surface area contributed by atoms with E-state index in [1.165, 1.54) is 5.56 Å². The van der Waals surface area contributed by atoms with Crippen LogP contribution in [0.2, 0.25) is 0 Å². The van der Waals surface area contributed by atoms with Gasteiger partial charge in [-0.05, 0) is 36.1 Å². The molecule has 0 saturated carbocycles. The van der Waals surface area contributed by atoms with Gasteiger partial charge in [0.25, 0.3) is 0 Å². The number of rotatable bonds is 4. The average Bonchev–Trinajstić information content (AvgIpc) is 2.77. The van der Waals surface area contributed by atoms with Gasteiger partial charge in [0.1, 0.15) is 18.1 Å². The Kier molecular flexibility index (Phi) is 4.07. The van der Waals surface area contributed by atoms with Crippen LogP contribution in [0.15, 0.2) is 34.7 Å². The van der Waals surface area contributed by atoms with Crippen molar-refractivity contribution in [1.29, 1.82) is 0 Å². The van der Waals surface area contributed by atoms with Crippen LogP contribution in [0, 0.1) is 6.92 Å². The van der Waals surface area contributed by atoms with Gasteiger partial charge in [0, 0.05) is 5.56 Å². The summed E-state index contributed by atoms with van der Waals surface area (Å²) < 4.78 is 11.0. The van der Waals surface area contributed by atoms with E-state index in [0.29, 0.717) is 11.3 Å². The second kappa shape index (κ2) is 5.64. The third-order valence-corrected chi connectivity index (χ3v) is 3.24. The highest BCUT2D eigenvalue weighted by Gasteiger charge is 2.16. The van der Waals surface area contributed by atoms with E-state index in [1.54, 1.807) is 13.0 Å². The summed E-state index contributed by atoms with van der Waals surface area (Å²) >= 11 is 0. The standard InChI is InChI=1S/C17H20O4/c1-11-8-14(21-15(11)16(18)19)10-20-13-7-5-6-12(9-13)17(2,3)4/h5-9H,10H2,1-4H3,(H,18,19). The number of ether oxygens (including phenoxy) is 1. The lowest BCUT2D eigenvalue weighted by molar-refractivity contribution is 0.0657. The Bertz CT molecular complexity index is 647. The van der Waals surface area contributed by atoms with Crippen LogP contribution in [0.3, 0.4) is 0 Å². The van der Waals surface area contributed by atoms with E-state index >= 15 is 0 Å². The summed E-state index contributed by atoms with van der Waals surface area (Å²) in [5.74, 6) is 0.157. The lowest BCUT2D eigenvalue weighted by Crippen LogP contribution is -2.10. The fraction of sp³-hybridized carbons (Fsp3) is 0.353. The molecule has 21 heavy (non-hydrogen) atoms. The highest BCUT2D eigenvalue weighted by atomic mass is 16.5. The second-order valence-corrected chi connectivity index (χ2v) is 6.10. The predicted octanol–water partition coefficient (Wildman–Crippen LogP) is 4.16. The number of hydrogen-bond donors (Lipinski definition) is 1. The van der Waals surface area contributed by atoms with E-state index < -0.39 is 5.97 Å². The third-order valence-electron chi connectivity index (χ3n) is 3.24. The number of carbonyl (C=O) groups is 1. The molecule has 0 radical (unpaired) electrons. The van der Waals surface area contributed by atoms with Gasteiger partial charge in [0.2, 0.25) is 5.76 Å². The molecule has 0 amide bonds. The fourth-order valence-electron chi connectivity index (χ4n) is 2.04. The molecule has 0 aliphatic rings. The quantitative estimate of drug-likeness (QED) is 0.917. The molecule has 4 heteroatoms. The molecule has 0 atom stereocenters. The minimum absolute atomic E-state index is 0.0305. The molecule has 112 valence electrons. The monoisotopic (exact) mass is 288 g/mol. The first-order valence-corrected chi connectivity index (χ1v) is 6.83. The van der Waals surface area contributed by atoms with Crippen molar-refractivity contribution in [2.75, 3.05) is 0 Å². The molecule has 1 aromatic carbocycles. The Labute approximate surface area is 124 Å². The minimum Gasteiger partial charge on any atom is -0.486 e. The van der Waals surface area contributed by atoms with E-state index in [9.17, 15) is 4.79 Å². The molecule has 0 spiro atoms. The maximum Gasteiger partial charge on any atom is 0.372 e. The average molecular weight is 288 g/mol. The summed E-state index contributed by atoms with van der Waals surface area (Å²) in [5.41, 5.74) is 1.84.